The molecule has 2 N–H and O–H groups in total. The fourth-order valence-corrected chi connectivity index (χ4v) is 2.59. The number of likely N-dealkylation sites (N-methyl/N-ethyl adjacent to an activating group) is 1. The zero-order valence-corrected chi connectivity index (χ0v) is 12.5. The summed E-state index contributed by atoms with van der Waals surface area (Å²) in [6, 6.07) is 4.54. The highest BCUT2D eigenvalue weighted by atomic mass is 35.5. The Hall–Kier alpha value is -0.910. The number of thiocarbonyl (C=S) groups is 1. The second-order valence-corrected chi connectivity index (χ2v) is 5.65. The van der Waals surface area contributed by atoms with Crippen molar-refractivity contribution in [2.75, 3.05) is 38.5 Å². The van der Waals surface area contributed by atoms with Crippen LogP contribution in [0.2, 0.25) is 5.02 Å². The molecule has 3 nitrogen and oxygen atoms in total. The summed E-state index contributed by atoms with van der Waals surface area (Å²) in [4.78, 5) is 3.68. The van der Waals surface area contributed by atoms with Gasteiger partial charge in [-0.15, -0.1) is 0 Å². The van der Waals surface area contributed by atoms with Gasteiger partial charge < -0.3 is 15.1 Å². The Morgan fingerprint density at radius 1 is 1.42 bits per heavy atom. The molecule has 0 radical (unpaired) electrons. The number of benzene rings is 1. The number of quaternary nitrogens is 1. The first kappa shape index (κ1) is 14.5. The molecule has 0 bridgehead atoms. The predicted octanol–water partition coefficient (Wildman–Crippen LogP) is 1.40. The maximum Gasteiger partial charge on any atom is 0.173 e. The molecule has 0 spiro atoms. The van der Waals surface area contributed by atoms with Gasteiger partial charge in [-0.3, -0.25) is 0 Å². The molecule has 0 saturated carbocycles. The monoisotopic (exact) mass is 302 g/mol. The quantitative estimate of drug-likeness (QED) is 0.765. The van der Waals surface area contributed by atoms with Crippen LogP contribution < -0.4 is 10.2 Å². The summed E-state index contributed by atoms with van der Waals surface area (Å²) < 4.78 is 13.1. The smallest absolute Gasteiger partial charge is 0.173 e. The summed E-state index contributed by atoms with van der Waals surface area (Å²) in [5, 5.41) is 3.90. The number of rotatable bonds is 1. The van der Waals surface area contributed by atoms with Gasteiger partial charge in [0.1, 0.15) is 5.82 Å². The summed E-state index contributed by atoms with van der Waals surface area (Å²) in [6.07, 6.45) is 1.12. The highest BCUT2D eigenvalue weighted by molar-refractivity contribution is 7.80. The van der Waals surface area contributed by atoms with Crippen LogP contribution in [0, 0.1) is 5.82 Å². The van der Waals surface area contributed by atoms with E-state index in [9.17, 15) is 4.39 Å². The van der Waals surface area contributed by atoms with Gasteiger partial charge in [-0.25, -0.2) is 4.39 Å². The summed E-state index contributed by atoms with van der Waals surface area (Å²) in [5.74, 6) is -0.418. The Bertz CT molecular complexity index is 469. The molecule has 1 aliphatic rings. The second kappa shape index (κ2) is 6.50. The molecule has 0 aromatic heterocycles. The second-order valence-electron chi connectivity index (χ2n) is 4.86. The Morgan fingerprint density at radius 3 is 2.95 bits per heavy atom. The number of nitrogens with one attached hydrogen (secondary N) is 2. The van der Waals surface area contributed by atoms with Gasteiger partial charge in [0.05, 0.1) is 31.7 Å². The lowest BCUT2D eigenvalue weighted by Crippen LogP contribution is -3.09. The molecule has 6 heteroatoms. The molecule has 0 aliphatic carbocycles. The third-order valence-electron chi connectivity index (χ3n) is 3.30. The average Bonchev–Trinajstić information content (AvgIpc) is 2.59. The van der Waals surface area contributed by atoms with Crippen molar-refractivity contribution >= 4 is 34.6 Å². The van der Waals surface area contributed by atoms with E-state index in [1.54, 1.807) is 12.1 Å². The van der Waals surface area contributed by atoms with Crippen LogP contribution in [0.5, 0.6) is 0 Å². The fraction of sp³-hybridized carbons (Fsp3) is 0.462. The Morgan fingerprint density at radius 2 is 2.21 bits per heavy atom. The zero-order chi connectivity index (χ0) is 13.8. The van der Waals surface area contributed by atoms with Gasteiger partial charge in [0.25, 0.3) is 0 Å². The zero-order valence-electron chi connectivity index (χ0n) is 10.9. The Kier molecular flexibility index (Phi) is 4.96. The van der Waals surface area contributed by atoms with Crippen LogP contribution in [0.1, 0.15) is 6.42 Å². The van der Waals surface area contributed by atoms with Gasteiger partial charge in [0.2, 0.25) is 0 Å². The minimum absolute atomic E-state index is 0.104. The molecular formula is C13H18ClFN3S+. The topological polar surface area (TPSA) is 19.7 Å². The van der Waals surface area contributed by atoms with Crippen LogP contribution in [0.15, 0.2) is 18.2 Å². The van der Waals surface area contributed by atoms with Gasteiger partial charge in [0, 0.05) is 18.7 Å². The normalized spacial score (nSPS) is 19.9. The van der Waals surface area contributed by atoms with Gasteiger partial charge in [0.15, 0.2) is 5.11 Å². The molecule has 104 valence electrons. The van der Waals surface area contributed by atoms with Crippen LogP contribution in [0.25, 0.3) is 0 Å². The molecular weight excluding hydrogens is 285 g/mol. The van der Waals surface area contributed by atoms with Crippen molar-refractivity contribution in [3.8, 4) is 0 Å². The van der Waals surface area contributed by atoms with Gasteiger partial charge in [-0.2, -0.15) is 0 Å². The van der Waals surface area contributed by atoms with Crippen LogP contribution >= 0.6 is 23.8 Å². The minimum Gasteiger partial charge on any atom is -0.343 e. The van der Waals surface area contributed by atoms with Crippen LogP contribution in [0.4, 0.5) is 10.1 Å². The molecule has 1 heterocycles. The third kappa shape index (κ3) is 4.03. The van der Waals surface area contributed by atoms with Crippen molar-refractivity contribution in [1.29, 1.82) is 0 Å². The third-order valence-corrected chi connectivity index (χ3v) is 3.95. The molecule has 1 saturated heterocycles. The van der Waals surface area contributed by atoms with Gasteiger partial charge in [-0.05, 0) is 30.4 Å². The van der Waals surface area contributed by atoms with E-state index in [0.29, 0.717) is 5.11 Å². The van der Waals surface area contributed by atoms with E-state index in [2.05, 4.69) is 17.3 Å². The standard InChI is InChI=1S/C13H17ClFN3S/c1-17-5-2-6-18(8-7-17)13(19)16-10-3-4-12(15)11(14)9-10/h3-4,9H,2,5-8H2,1H3,(H,16,19)/p+1. The molecule has 1 unspecified atom stereocenters. The number of anilines is 1. The van der Waals surface area contributed by atoms with E-state index in [-0.39, 0.29) is 5.02 Å². The number of nitrogens with zero attached hydrogens (tertiary/aromatic N) is 1. The first-order valence-corrected chi connectivity index (χ1v) is 7.17. The first-order chi connectivity index (χ1) is 9.06. The van der Waals surface area contributed by atoms with E-state index in [1.807, 2.05) is 0 Å². The maximum absolute atomic E-state index is 13.1. The summed E-state index contributed by atoms with van der Waals surface area (Å²) in [5.41, 5.74) is 0.723. The molecule has 2 rings (SSSR count). The van der Waals surface area contributed by atoms with Crippen molar-refractivity contribution in [2.45, 2.75) is 6.42 Å². The van der Waals surface area contributed by atoms with Crippen molar-refractivity contribution in [1.82, 2.24) is 4.90 Å². The highest BCUT2D eigenvalue weighted by Crippen LogP contribution is 2.19. The largest absolute Gasteiger partial charge is 0.343 e. The molecule has 1 fully saturated rings. The van der Waals surface area contributed by atoms with Crippen LogP contribution in [0.3, 0.4) is 0 Å². The minimum atomic E-state index is -0.418. The van der Waals surface area contributed by atoms with Crippen molar-refractivity contribution in [3.63, 3.8) is 0 Å². The van der Waals surface area contributed by atoms with Gasteiger partial charge in [-0.1, -0.05) is 11.6 Å². The van der Waals surface area contributed by atoms with Gasteiger partial charge >= 0.3 is 0 Å². The highest BCUT2D eigenvalue weighted by Gasteiger charge is 2.16. The SMILES string of the molecule is C[NH+]1CCCN(C(=S)Nc2ccc(F)c(Cl)c2)CC1. The Labute approximate surface area is 123 Å². The molecule has 0 amide bonds. The van der Waals surface area contributed by atoms with Crippen LogP contribution in [-0.4, -0.2) is 43.2 Å². The maximum atomic E-state index is 13.1. The number of halogens is 2. The summed E-state index contributed by atoms with van der Waals surface area (Å²) >= 11 is 11.2. The number of hydrogen-bond donors (Lipinski definition) is 2. The fourth-order valence-electron chi connectivity index (χ4n) is 2.11. The van der Waals surface area contributed by atoms with Crippen molar-refractivity contribution < 1.29 is 9.29 Å². The molecule has 1 aromatic rings. The molecule has 1 aromatic carbocycles. The average molecular weight is 303 g/mol. The molecule has 19 heavy (non-hydrogen) atoms. The summed E-state index contributed by atoms with van der Waals surface area (Å²) in [7, 11) is 2.19. The predicted molar refractivity (Wildman–Crippen MR) is 80.4 cm³/mol. The molecule has 1 aliphatic heterocycles. The van der Waals surface area contributed by atoms with E-state index >= 15 is 0 Å². The Balaban J connectivity index is 1.98. The lowest BCUT2D eigenvalue weighted by molar-refractivity contribution is -0.877. The number of hydrogen-bond acceptors (Lipinski definition) is 1. The van der Waals surface area contributed by atoms with E-state index in [4.69, 9.17) is 23.8 Å². The van der Waals surface area contributed by atoms with Crippen molar-refractivity contribution in [2.24, 2.45) is 0 Å². The lowest BCUT2D eigenvalue weighted by atomic mass is 10.3. The summed E-state index contributed by atoms with van der Waals surface area (Å²) in [6.45, 7) is 4.14. The van der Waals surface area contributed by atoms with Crippen LogP contribution in [-0.2, 0) is 0 Å². The van der Waals surface area contributed by atoms with Crippen molar-refractivity contribution in [3.05, 3.63) is 29.0 Å². The van der Waals surface area contributed by atoms with E-state index in [0.717, 1.165) is 31.7 Å². The first-order valence-electron chi connectivity index (χ1n) is 6.38. The van der Waals surface area contributed by atoms with E-state index in [1.165, 1.54) is 17.5 Å². The molecule has 1 atom stereocenters. The lowest BCUT2D eigenvalue weighted by Gasteiger charge is -2.23. The van der Waals surface area contributed by atoms with E-state index < -0.39 is 5.82 Å².